The zero-order valence-corrected chi connectivity index (χ0v) is 14.7. The summed E-state index contributed by atoms with van der Waals surface area (Å²) in [6.45, 7) is 0. The maximum Gasteiger partial charge on any atom is 0.340 e. The van der Waals surface area contributed by atoms with Gasteiger partial charge in [0, 0.05) is 6.07 Å². The van der Waals surface area contributed by atoms with Crippen molar-refractivity contribution in [2.24, 2.45) is 0 Å². The van der Waals surface area contributed by atoms with Crippen molar-refractivity contribution < 1.29 is 36.0 Å². The Morgan fingerprint density at radius 3 is 2.33 bits per heavy atom. The number of anilines is 1. The highest BCUT2D eigenvalue weighted by Crippen LogP contribution is 2.31. The van der Waals surface area contributed by atoms with Crippen LogP contribution in [0.2, 0.25) is 5.02 Å². The maximum atomic E-state index is 14.0. The molecule has 27 heavy (non-hydrogen) atoms. The first-order valence-electron chi connectivity index (χ1n) is 6.71. The predicted molar refractivity (Wildman–Crippen MR) is 86.6 cm³/mol. The predicted octanol–water partition coefficient (Wildman–Crippen LogP) is 3.25. The van der Waals surface area contributed by atoms with Gasteiger partial charge in [0.05, 0.1) is 29.4 Å². The van der Waals surface area contributed by atoms with Crippen LogP contribution in [-0.2, 0) is 14.8 Å². The number of esters is 1. The van der Waals surface area contributed by atoms with E-state index in [-0.39, 0.29) is 12.1 Å². The molecule has 0 bridgehead atoms. The Kier molecular flexibility index (Phi) is 5.61. The highest BCUT2D eigenvalue weighted by Gasteiger charge is 2.27. The number of halogens is 4. The summed E-state index contributed by atoms with van der Waals surface area (Å²) >= 11 is 5.56. The molecule has 13 heteroatoms. The summed E-state index contributed by atoms with van der Waals surface area (Å²) in [7, 11) is -3.92. The Bertz CT molecular complexity index is 1060. The molecule has 0 aliphatic rings. The normalized spacial score (nSPS) is 11.1. The highest BCUT2D eigenvalue weighted by atomic mass is 35.5. The number of ether oxygens (including phenoxy) is 1. The van der Waals surface area contributed by atoms with E-state index in [9.17, 15) is 36.5 Å². The number of nitro benzene ring substituents is 1. The van der Waals surface area contributed by atoms with Gasteiger partial charge in [0.1, 0.15) is 21.6 Å². The summed E-state index contributed by atoms with van der Waals surface area (Å²) in [4.78, 5) is 20.0. The number of rotatable bonds is 5. The fourth-order valence-electron chi connectivity index (χ4n) is 1.96. The third-order valence-corrected chi connectivity index (χ3v) is 4.88. The number of methoxy groups -OCH3 is 1. The number of nitro groups is 1. The second kappa shape index (κ2) is 7.40. The first kappa shape index (κ1) is 20.5. The Balaban J connectivity index is 2.53. The molecule has 0 fully saturated rings. The number of carbonyl (C=O) groups excluding carboxylic acids is 1. The molecule has 2 aromatic rings. The lowest BCUT2D eigenvalue weighted by molar-refractivity contribution is -0.384. The Morgan fingerprint density at radius 1 is 1.15 bits per heavy atom. The van der Waals surface area contributed by atoms with Crippen LogP contribution in [0, 0.1) is 27.6 Å². The van der Waals surface area contributed by atoms with E-state index >= 15 is 0 Å². The molecule has 0 aliphatic heterocycles. The number of benzene rings is 2. The van der Waals surface area contributed by atoms with Gasteiger partial charge in [-0.3, -0.25) is 14.8 Å². The summed E-state index contributed by atoms with van der Waals surface area (Å²) < 4.78 is 71.9. The number of hydrogen-bond donors (Lipinski definition) is 1. The average Bonchev–Trinajstić information content (AvgIpc) is 2.57. The summed E-state index contributed by atoms with van der Waals surface area (Å²) in [6, 6.07) is 1.47. The fraction of sp³-hybridized carbons (Fsp3) is 0.0714. The van der Waals surface area contributed by atoms with Crippen LogP contribution in [0.15, 0.2) is 29.2 Å². The summed E-state index contributed by atoms with van der Waals surface area (Å²) in [5, 5.41) is 10.0. The van der Waals surface area contributed by atoms with Crippen LogP contribution in [0.4, 0.5) is 24.5 Å². The second-order valence-corrected chi connectivity index (χ2v) is 6.96. The van der Waals surface area contributed by atoms with Crippen molar-refractivity contribution in [3.63, 3.8) is 0 Å². The number of nitrogens with zero attached hydrogens (tertiary/aromatic N) is 1. The van der Waals surface area contributed by atoms with Crippen molar-refractivity contribution >= 4 is 39.0 Å². The zero-order valence-electron chi connectivity index (χ0n) is 13.1. The molecular formula is C14H8ClF3N2O6S. The maximum absolute atomic E-state index is 14.0. The molecule has 0 atom stereocenters. The molecular weight excluding hydrogens is 417 g/mol. The SMILES string of the molecule is COC(=O)c1cc(NS(=O)(=O)c2cc(Cl)c([N+](=O)[O-])cc2F)c(F)cc1F. The molecule has 0 amide bonds. The van der Waals surface area contributed by atoms with Crippen molar-refractivity contribution in [1.29, 1.82) is 0 Å². The molecule has 2 rings (SSSR count). The van der Waals surface area contributed by atoms with Crippen LogP contribution in [-0.4, -0.2) is 26.4 Å². The average molecular weight is 425 g/mol. The van der Waals surface area contributed by atoms with E-state index in [1.807, 2.05) is 0 Å². The Morgan fingerprint density at radius 2 is 1.78 bits per heavy atom. The van der Waals surface area contributed by atoms with Crippen molar-refractivity contribution in [3.8, 4) is 0 Å². The van der Waals surface area contributed by atoms with Crippen LogP contribution < -0.4 is 4.72 Å². The van der Waals surface area contributed by atoms with E-state index in [2.05, 4.69) is 4.74 Å². The lowest BCUT2D eigenvalue weighted by atomic mass is 10.2. The standard InChI is InChI=1S/C14H8ClF3N2O6S/c1-26-14(21)6-2-11(9(17)4-8(6)16)19-27(24,25)13-3-7(15)12(20(22)23)5-10(13)18/h2-5,19H,1H3. The van der Waals surface area contributed by atoms with E-state index in [0.29, 0.717) is 12.1 Å². The number of sulfonamides is 1. The van der Waals surface area contributed by atoms with Crippen LogP contribution in [0.3, 0.4) is 0 Å². The van der Waals surface area contributed by atoms with Gasteiger partial charge in [0.2, 0.25) is 0 Å². The monoisotopic (exact) mass is 424 g/mol. The van der Waals surface area contributed by atoms with Crippen molar-refractivity contribution in [1.82, 2.24) is 0 Å². The van der Waals surface area contributed by atoms with Gasteiger partial charge < -0.3 is 4.74 Å². The summed E-state index contributed by atoms with van der Waals surface area (Å²) in [5.41, 5.74) is -2.54. The molecule has 2 aromatic carbocycles. The van der Waals surface area contributed by atoms with Gasteiger partial charge in [-0.2, -0.15) is 0 Å². The van der Waals surface area contributed by atoms with Crippen LogP contribution >= 0.6 is 11.6 Å². The second-order valence-electron chi connectivity index (χ2n) is 4.90. The molecule has 0 spiro atoms. The van der Waals surface area contributed by atoms with Crippen LogP contribution in [0.1, 0.15) is 10.4 Å². The lowest BCUT2D eigenvalue weighted by Gasteiger charge is -2.12. The number of nitrogens with one attached hydrogen (secondary N) is 1. The molecule has 0 saturated heterocycles. The summed E-state index contributed by atoms with van der Waals surface area (Å²) in [6.07, 6.45) is 0. The molecule has 0 aromatic heterocycles. The molecule has 144 valence electrons. The van der Waals surface area contributed by atoms with E-state index in [4.69, 9.17) is 11.6 Å². The van der Waals surface area contributed by atoms with E-state index in [1.165, 1.54) is 0 Å². The molecule has 1 N–H and O–H groups in total. The molecule has 0 unspecified atom stereocenters. The van der Waals surface area contributed by atoms with Crippen molar-refractivity contribution in [2.75, 3.05) is 11.8 Å². The van der Waals surface area contributed by atoms with E-state index < -0.39 is 65.2 Å². The van der Waals surface area contributed by atoms with Gasteiger partial charge in [-0.15, -0.1) is 0 Å². The zero-order chi connectivity index (χ0) is 20.5. The smallest absolute Gasteiger partial charge is 0.340 e. The molecule has 0 heterocycles. The quantitative estimate of drug-likeness (QED) is 0.447. The molecule has 8 nitrogen and oxygen atoms in total. The Hall–Kier alpha value is -2.86. The van der Waals surface area contributed by atoms with Gasteiger partial charge in [-0.25, -0.2) is 26.4 Å². The van der Waals surface area contributed by atoms with Gasteiger partial charge in [-0.1, -0.05) is 11.6 Å². The van der Waals surface area contributed by atoms with Gasteiger partial charge in [0.25, 0.3) is 15.7 Å². The van der Waals surface area contributed by atoms with Gasteiger partial charge >= 0.3 is 5.97 Å². The van der Waals surface area contributed by atoms with E-state index in [1.54, 1.807) is 4.72 Å². The minimum Gasteiger partial charge on any atom is -0.465 e. The first-order valence-corrected chi connectivity index (χ1v) is 8.57. The third kappa shape index (κ3) is 4.11. The molecule has 0 saturated carbocycles. The fourth-order valence-corrected chi connectivity index (χ4v) is 3.40. The number of carbonyl (C=O) groups is 1. The van der Waals surface area contributed by atoms with E-state index in [0.717, 1.165) is 7.11 Å². The summed E-state index contributed by atoms with van der Waals surface area (Å²) in [5.74, 6) is -5.46. The molecule has 0 aliphatic carbocycles. The minimum atomic E-state index is -4.84. The first-order chi connectivity index (χ1) is 12.5. The van der Waals surface area contributed by atoms with Crippen LogP contribution in [0.5, 0.6) is 0 Å². The highest BCUT2D eigenvalue weighted by molar-refractivity contribution is 7.92. The lowest BCUT2D eigenvalue weighted by Crippen LogP contribution is -2.17. The third-order valence-electron chi connectivity index (χ3n) is 3.19. The van der Waals surface area contributed by atoms with Crippen LogP contribution in [0.25, 0.3) is 0 Å². The largest absolute Gasteiger partial charge is 0.465 e. The minimum absolute atomic E-state index is 0.225. The topological polar surface area (TPSA) is 116 Å². The van der Waals surface area contributed by atoms with Gasteiger partial charge in [-0.05, 0) is 12.1 Å². The van der Waals surface area contributed by atoms with Gasteiger partial charge in [0.15, 0.2) is 5.82 Å². The van der Waals surface area contributed by atoms with Crippen molar-refractivity contribution in [2.45, 2.75) is 4.90 Å². The molecule has 0 radical (unpaired) electrons. The number of hydrogen-bond acceptors (Lipinski definition) is 6. The van der Waals surface area contributed by atoms with Crippen molar-refractivity contribution in [3.05, 3.63) is 62.4 Å². The Labute approximate surface area is 154 Å².